The van der Waals surface area contributed by atoms with Crippen molar-refractivity contribution >= 4 is 19.9 Å². The quantitative estimate of drug-likeness (QED) is 0.520. The molecule has 3 rings (SSSR count). The third-order valence-corrected chi connectivity index (χ3v) is 8.94. The van der Waals surface area contributed by atoms with Gasteiger partial charge in [-0.15, -0.1) is 11.6 Å². The fourth-order valence-electron chi connectivity index (χ4n) is 2.94. The van der Waals surface area contributed by atoms with Gasteiger partial charge in [-0.1, -0.05) is 0 Å². The molecule has 3 fully saturated rings. The number of halogens is 1. The van der Waals surface area contributed by atoms with Crippen molar-refractivity contribution in [3.05, 3.63) is 0 Å². The molecule has 0 bridgehead atoms. The molecule has 2 aliphatic heterocycles. The minimum atomic E-state index is -1.09. The lowest BCUT2D eigenvalue weighted by Crippen LogP contribution is -2.18. The van der Waals surface area contributed by atoms with Crippen molar-refractivity contribution in [2.45, 2.75) is 55.3 Å². The maximum Gasteiger partial charge on any atom is 0.196 e. The Morgan fingerprint density at radius 2 is 2.23 bits per heavy atom. The van der Waals surface area contributed by atoms with E-state index >= 15 is 0 Å². The number of rotatable bonds is 3. The van der Waals surface area contributed by atoms with Gasteiger partial charge in [0.2, 0.25) is 0 Å². The van der Waals surface area contributed by atoms with E-state index in [4.69, 9.17) is 16.0 Å². The van der Waals surface area contributed by atoms with Gasteiger partial charge in [-0.2, -0.15) is 0 Å². The lowest BCUT2D eigenvalue weighted by Gasteiger charge is -2.10. The zero-order valence-corrected chi connectivity index (χ0v) is 9.78. The van der Waals surface area contributed by atoms with Crippen molar-refractivity contribution in [2.24, 2.45) is 0 Å². The van der Waals surface area contributed by atoms with E-state index in [-0.39, 0.29) is 0 Å². The normalized spacial score (nSPS) is 44.5. The second-order valence-corrected chi connectivity index (χ2v) is 9.52. The third kappa shape index (κ3) is 1.38. The van der Waals surface area contributed by atoms with Crippen LogP contribution in [0.2, 0.25) is 17.6 Å². The highest BCUT2D eigenvalue weighted by molar-refractivity contribution is 6.86. The van der Waals surface area contributed by atoms with Crippen molar-refractivity contribution in [3.63, 3.8) is 0 Å². The molecule has 0 aromatic carbocycles. The van der Waals surface area contributed by atoms with Gasteiger partial charge in [-0.05, 0) is 49.7 Å². The predicted molar refractivity (Wildman–Crippen MR) is 56.7 cm³/mol. The highest BCUT2D eigenvalue weighted by atomic mass is 35.5. The number of alkyl halides is 1. The van der Waals surface area contributed by atoms with Crippen LogP contribution in [0, 0.1) is 0 Å². The van der Waals surface area contributed by atoms with Crippen molar-refractivity contribution in [1.29, 1.82) is 0 Å². The molecule has 0 amide bonds. The smallest absolute Gasteiger partial charge is 0.196 e. The first-order chi connectivity index (χ1) is 6.29. The second-order valence-electron chi connectivity index (χ2n) is 5.08. The van der Waals surface area contributed by atoms with Gasteiger partial charge in [-0.3, -0.25) is 0 Å². The van der Waals surface area contributed by atoms with E-state index in [1.807, 2.05) is 0 Å². The summed E-state index contributed by atoms with van der Waals surface area (Å²) in [5.41, 5.74) is 1.44. The van der Waals surface area contributed by atoms with E-state index in [0.29, 0.717) is 5.60 Å². The molecule has 1 aliphatic carbocycles. The number of hydrogen-bond acceptors (Lipinski definition) is 1. The average Bonchev–Trinajstić information content (AvgIpc) is 2.95. The Kier molecular flexibility index (Phi) is 1.84. The lowest BCUT2D eigenvalue weighted by atomic mass is 10.3. The molecule has 2 heterocycles. The molecule has 1 nitrogen and oxygen atoms in total. The van der Waals surface area contributed by atoms with E-state index < -0.39 is 8.32 Å². The number of hydrogen-bond donors (Lipinski definition) is 0. The van der Waals surface area contributed by atoms with Crippen molar-refractivity contribution in [3.8, 4) is 0 Å². The van der Waals surface area contributed by atoms with Gasteiger partial charge in [-0.25, -0.2) is 0 Å². The molecular formula is C10H17ClOSi. The Morgan fingerprint density at radius 3 is 2.85 bits per heavy atom. The van der Waals surface area contributed by atoms with E-state index in [0.717, 1.165) is 11.4 Å². The largest absolute Gasteiger partial charge is 0.411 e. The van der Waals surface area contributed by atoms with Crippen molar-refractivity contribution in [1.82, 2.24) is 0 Å². The first-order valence-electron chi connectivity index (χ1n) is 5.55. The molecule has 74 valence electrons. The molecule has 0 aromatic heterocycles. The summed E-state index contributed by atoms with van der Waals surface area (Å²) >= 11 is 5.71. The molecule has 0 radical (unpaired) electrons. The maximum absolute atomic E-state index is 6.36. The van der Waals surface area contributed by atoms with Crippen molar-refractivity contribution in [2.75, 3.05) is 5.88 Å². The Hall–Kier alpha value is 0.467. The Morgan fingerprint density at radius 1 is 1.38 bits per heavy atom. The van der Waals surface area contributed by atoms with Crippen LogP contribution < -0.4 is 0 Å². The molecule has 3 heteroatoms. The van der Waals surface area contributed by atoms with Crippen molar-refractivity contribution < 1.29 is 4.43 Å². The van der Waals surface area contributed by atoms with Gasteiger partial charge in [0.25, 0.3) is 0 Å². The average molecular weight is 217 g/mol. The Labute approximate surface area is 85.9 Å². The van der Waals surface area contributed by atoms with Crippen LogP contribution in [-0.4, -0.2) is 19.8 Å². The van der Waals surface area contributed by atoms with Crippen LogP contribution in [0.25, 0.3) is 0 Å². The second kappa shape index (κ2) is 2.74. The van der Waals surface area contributed by atoms with Crippen LogP contribution in [0.15, 0.2) is 0 Å². The SMILES string of the molecule is ClCCCC1C[Si]12CCC1(CC1)O2. The van der Waals surface area contributed by atoms with E-state index in [1.165, 1.54) is 44.2 Å². The highest BCUT2D eigenvalue weighted by Gasteiger charge is 2.67. The standard InChI is InChI=1S/C10H17ClOSi/c11-6-1-2-9-8-13(9)7-5-10(12-13)3-4-10/h9H,1-8H2. The molecule has 2 atom stereocenters. The van der Waals surface area contributed by atoms with Gasteiger partial charge in [0.15, 0.2) is 8.32 Å². The molecule has 0 aromatic rings. The summed E-state index contributed by atoms with van der Waals surface area (Å²) in [6, 6.07) is 2.94. The fraction of sp³-hybridized carbons (Fsp3) is 1.00. The van der Waals surface area contributed by atoms with Gasteiger partial charge in [0, 0.05) is 5.88 Å². The summed E-state index contributed by atoms with van der Waals surface area (Å²) in [7, 11) is -1.09. The highest BCUT2D eigenvalue weighted by Crippen LogP contribution is 2.66. The topological polar surface area (TPSA) is 9.23 Å². The predicted octanol–water partition coefficient (Wildman–Crippen LogP) is 3.29. The summed E-state index contributed by atoms with van der Waals surface area (Å²) in [6.07, 6.45) is 6.69. The molecule has 2 saturated heterocycles. The molecule has 2 unspecified atom stereocenters. The monoisotopic (exact) mass is 216 g/mol. The first-order valence-corrected chi connectivity index (χ1v) is 8.48. The van der Waals surface area contributed by atoms with Gasteiger partial charge < -0.3 is 4.43 Å². The zero-order chi connectivity index (χ0) is 8.94. The summed E-state index contributed by atoms with van der Waals surface area (Å²) < 4.78 is 6.36. The van der Waals surface area contributed by atoms with E-state index in [9.17, 15) is 0 Å². The van der Waals surface area contributed by atoms with Crippen LogP contribution in [0.3, 0.4) is 0 Å². The van der Waals surface area contributed by atoms with Crippen LogP contribution >= 0.6 is 11.6 Å². The third-order valence-electron chi connectivity index (χ3n) is 4.09. The van der Waals surface area contributed by atoms with Gasteiger partial charge >= 0.3 is 0 Å². The van der Waals surface area contributed by atoms with E-state index in [2.05, 4.69) is 0 Å². The minimum Gasteiger partial charge on any atom is -0.411 e. The molecule has 3 aliphatic rings. The van der Waals surface area contributed by atoms with Gasteiger partial charge in [0.1, 0.15) is 0 Å². The molecule has 13 heavy (non-hydrogen) atoms. The van der Waals surface area contributed by atoms with Gasteiger partial charge in [0.05, 0.1) is 5.60 Å². The molecular weight excluding hydrogens is 200 g/mol. The van der Waals surface area contributed by atoms with E-state index in [1.54, 1.807) is 0 Å². The maximum atomic E-state index is 6.36. The molecule has 1 saturated carbocycles. The van der Waals surface area contributed by atoms with Crippen LogP contribution in [0.1, 0.15) is 32.1 Å². The Bertz CT molecular complexity index is 229. The fourth-order valence-corrected chi connectivity index (χ4v) is 8.44. The molecule has 0 N–H and O–H groups in total. The van der Waals surface area contributed by atoms with Crippen LogP contribution in [-0.2, 0) is 4.43 Å². The summed E-state index contributed by atoms with van der Waals surface area (Å²) in [5, 5.41) is 0. The molecule has 2 spiro atoms. The van der Waals surface area contributed by atoms with Crippen LogP contribution in [0.4, 0.5) is 0 Å². The summed E-state index contributed by atoms with van der Waals surface area (Å²) in [6.45, 7) is 0. The zero-order valence-electron chi connectivity index (χ0n) is 8.02. The summed E-state index contributed by atoms with van der Waals surface area (Å²) in [4.78, 5) is 0. The minimum absolute atomic E-state index is 0.446. The van der Waals surface area contributed by atoms with Crippen LogP contribution in [0.5, 0.6) is 0 Å². The first kappa shape index (κ1) is 8.75. The summed E-state index contributed by atoms with van der Waals surface area (Å²) in [5.74, 6) is 0.839. The Balaban J connectivity index is 1.56. The lowest BCUT2D eigenvalue weighted by molar-refractivity contribution is 0.205.